The fourth-order valence-corrected chi connectivity index (χ4v) is 2.76. The molecule has 94 valence electrons. The lowest BCUT2D eigenvalue weighted by Gasteiger charge is -2.30. The predicted molar refractivity (Wildman–Crippen MR) is 72.3 cm³/mol. The summed E-state index contributed by atoms with van der Waals surface area (Å²) < 4.78 is 5.96. The molecule has 1 atom stereocenters. The van der Waals surface area contributed by atoms with Crippen molar-refractivity contribution < 1.29 is 4.74 Å². The zero-order valence-electron chi connectivity index (χ0n) is 10.8. The normalized spacial score (nSPS) is 23.2. The second-order valence-corrected chi connectivity index (χ2v) is 4.85. The lowest BCUT2D eigenvalue weighted by atomic mass is 9.83. The van der Waals surface area contributed by atoms with Gasteiger partial charge in [0.2, 0.25) is 0 Å². The fraction of sp³-hybridized carbons (Fsp3) is 0.667. The van der Waals surface area contributed by atoms with Gasteiger partial charge in [-0.1, -0.05) is 31.4 Å². The van der Waals surface area contributed by atoms with Crippen LogP contribution < -0.4 is 0 Å². The fourth-order valence-electron chi connectivity index (χ4n) is 2.76. The summed E-state index contributed by atoms with van der Waals surface area (Å²) >= 11 is 0. The van der Waals surface area contributed by atoms with Gasteiger partial charge in [0.1, 0.15) is 6.10 Å². The highest BCUT2D eigenvalue weighted by Crippen LogP contribution is 2.29. The largest absolute Gasteiger partial charge is 0.372 e. The lowest BCUT2D eigenvalue weighted by molar-refractivity contribution is 0.0536. The zero-order chi connectivity index (χ0) is 11.9. The summed E-state index contributed by atoms with van der Waals surface area (Å²) in [6.45, 7) is 2.85. The van der Waals surface area contributed by atoms with E-state index in [0.29, 0.717) is 5.92 Å². The van der Waals surface area contributed by atoms with E-state index < -0.39 is 0 Å². The topological polar surface area (TPSA) is 21.6 Å². The molecule has 2 aliphatic rings. The molecule has 1 saturated carbocycles. The van der Waals surface area contributed by atoms with Gasteiger partial charge in [-0.05, 0) is 38.2 Å². The van der Waals surface area contributed by atoms with E-state index in [4.69, 9.17) is 4.74 Å². The molecule has 0 bridgehead atoms. The van der Waals surface area contributed by atoms with Crippen molar-refractivity contribution in [2.75, 3.05) is 6.61 Å². The van der Waals surface area contributed by atoms with Crippen LogP contribution in [0.4, 0.5) is 0 Å². The Bertz CT molecular complexity index is 311. The molecule has 0 N–H and O–H groups in total. The second-order valence-electron chi connectivity index (χ2n) is 4.85. The molecule has 1 aliphatic carbocycles. The van der Waals surface area contributed by atoms with Crippen molar-refractivity contribution in [1.82, 2.24) is 0 Å². The van der Waals surface area contributed by atoms with Gasteiger partial charge in [0.05, 0.1) is 5.71 Å². The Kier molecular flexibility index (Phi) is 4.99. The van der Waals surface area contributed by atoms with E-state index in [0.717, 1.165) is 18.7 Å². The highest BCUT2D eigenvalue weighted by molar-refractivity contribution is 5.99. The van der Waals surface area contributed by atoms with Gasteiger partial charge in [0.25, 0.3) is 0 Å². The first-order valence-electron chi connectivity index (χ1n) is 6.92. The number of nitrogens with zero attached hydrogens (tertiary/aromatic N) is 1. The molecule has 0 amide bonds. The molecule has 0 aromatic rings. The first-order chi connectivity index (χ1) is 8.42. The van der Waals surface area contributed by atoms with Gasteiger partial charge in [-0.2, -0.15) is 0 Å². The van der Waals surface area contributed by atoms with E-state index in [2.05, 4.69) is 30.1 Å². The Morgan fingerprint density at radius 1 is 1.29 bits per heavy atom. The number of ether oxygens (including phenoxy) is 1. The highest BCUT2D eigenvalue weighted by Gasteiger charge is 2.27. The average Bonchev–Trinajstić information content (AvgIpc) is 2.66. The van der Waals surface area contributed by atoms with E-state index in [1.165, 1.54) is 32.1 Å². The van der Waals surface area contributed by atoms with E-state index >= 15 is 0 Å². The van der Waals surface area contributed by atoms with Crippen molar-refractivity contribution in [2.45, 2.75) is 51.6 Å². The Morgan fingerprint density at radius 2 is 2.12 bits per heavy atom. The summed E-state index contributed by atoms with van der Waals surface area (Å²) in [6, 6.07) is 0. The number of hydrogen-bond acceptors (Lipinski definition) is 2. The van der Waals surface area contributed by atoms with Gasteiger partial charge in [0, 0.05) is 12.8 Å². The van der Waals surface area contributed by atoms with Gasteiger partial charge < -0.3 is 4.74 Å². The van der Waals surface area contributed by atoms with Crippen LogP contribution >= 0.6 is 0 Å². The highest BCUT2D eigenvalue weighted by atomic mass is 16.5. The van der Waals surface area contributed by atoms with Crippen LogP contribution in [0.1, 0.15) is 45.4 Å². The number of allylic oxidation sites excluding steroid dienone is 2. The molecule has 2 rings (SSSR count). The molecule has 2 nitrogen and oxygen atoms in total. The van der Waals surface area contributed by atoms with Crippen molar-refractivity contribution >= 4 is 5.71 Å². The Morgan fingerprint density at radius 3 is 2.88 bits per heavy atom. The summed E-state index contributed by atoms with van der Waals surface area (Å²) in [5.41, 5.74) is 1.12. The zero-order valence-corrected chi connectivity index (χ0v) is 10.8. The molecule has 0 saturated heterocycles. The van der Waals surface area contributed by atoms with Crippen molar-refractivity contribution in [1.29, 1.82) is 0 Å². The molecule has 17 heavy (non-hydrogen) atoms. The lowest BCUT2D eigenvalue weighted by Crippen LogP contribution is -2.33. The van der Waals surface area contributed by atoms with Crippen molar-refractivity contribution in [3.8, 4) is 0 Å². The predicted octanol–water partition coefficient (Wildman–Crippen LogP) is 3.89. The third kappa shape index (κ3) is 3.53. The Balaban J connectivity index is 2.09. The monoisotopic (exact) mass is 233 g/mol. The summed E-state index contributed by atoms with van der Waals surface area (Å²) in [5, 5.41) is 0. The van der Waals surface area contributed by atoms with Crippen LogP contribution in [0.15, 0.2) is 29.4 Å². The van der Waals surface area contributed by atoms with E-state index in [-0.39, 0.29) is 6.10 Å². The van der Waals surface area contributed by atoms with E-state index in [1.807, 2.05) is 6.20 Å². The molecule has 0 aromatic heterocycles. The quantitative estimate of drug-likeness (QED) is 0.722. The number of hydrogen-bond donors (Lipinski definition) is 0. The van der Waals surface area contributed by atoms with Crippen molar-refractivity contribution in [3.63, 3.8) is 0 Å². The molecule has 1 fully saturated rings. The third-order valence-electron chi connectivity index (χ3n) is 3.61. The maximum Gasteiger partial charge on any atom is 0.102 e. The van der Waals surface area contributed by atoms with Crippen LogP contribution in [0.3, 0.4) is 0 Å². The van der Waals surface area contributed by atoms with Gasteiger partial charge in [-0.25, -0.2) is 0 Å². The van der Waals surface area contributed by atoms with Gasteiger partial charge in [0.15, 0.2) is 0 Å². The molecular formula is C15H23NO. The van der Waals surface area contributed by atoms with E-state index in [9.17, 15) is 0 Å². The molecular weight excluding hydrogens is 210 g/mol. The summed E-state index contributed by atoms with van der Waals surface area (Å²) in [6.07, 6.45) is 16.2. The minimum Gasteiger partial charge on any atom is -0.372 e. The number of aliphatic imine (C=N–C) groups is 1. The Labute approximate surface area is 104 Å². The molecule has 2 heteroatoms. The Hall–Kier alpha value is -0.890. The summed E-state index contributed by atoms with van der Waals surface area (Å²) in [4.78, 5) is 4.54. The smallest absolute Gasteiger partial charge is 0.102 e. The first-order valence-corrected chi connectivity index (χ1v) is 6.92. The van der Waals surface area contributed by atoms with Crippen LogP contribution in [0, 0.1) is 5.92 Å². The SMILES string of the molecule is CCOC(C1=NC=CCC=C1)C1CCCCC1. The van der Waals surface area contributed by atoms with Crippen LogP contribution in [-0.4, -0.2) is 18.4 Å². The molecule has 1 unspecified atom stereocenters. The third-order valence-corrected chi connectivity index (χ3v) is 3.61. The van der Waals surface area contributed by atoms with Gasteiger partial charge in [-0.15, -0.1) is 0 Å². The summed E-state index contributed by atoms with van der Waals surface area (Å²) in [7, 11) is 0. The van der Waals surface area contributed by atoms with Crippen molar-refractivity contribution in [2.24, 2.45) is 10.9 Å². The second kappa shape index (κ2) is 6.75. The van der Waals surface area contributed by atoms with E-state index in [1.54, 1.807) is 0 Å². The first kappa shape index (κ1) is 12.6. The van der Waals surface area contributed by atoms with Crippen LogP contribution in [0.2, 0.25) is 0 Å². The standard InChI is InChI=1S/C15H23NO/c1-2-17-15(13-9-5-3-6-10-13)14-11-7-4-8-12-16-14/h7-8,11-13,15H,2-6,9-10H2,1H3. The maximum atomic E-state index is 5.96. The maximum absolute atomic E-state index is 5.96. The van der Waals surface area contributed by atoms with Crippen LogP contribution in [0.25, 0.3) is 0 Å². The van der Waals surface area contributed by atoms with Gasteiger partial charge >= 0.3 is 0 Å². The summed E-state index contributed by atoms with van der Waals surface area (Å²) in [5.74, 6) is 0.665. The molecule has 0 radical (unpaired) electrons. The minimum absolute atomic E-state index is 0.208. The molecule has 0 aromatic carbocycles. The molecule has 0 spiro atoms. The van der Waals surface area contributed by atoms with Crippen molar-refractivity contribution in [3.05, 3.63) is 24.4 Å². The van der Waals surface area contributed by atoms with Gasteiger partial charge in [-0.3, -0.25) is 4.99 Å². The van der Waals surface area contributed by atoms with Crippen LogP contribution in [0.5, 0.6) is 0 Å². The molecule has 1 heterocycles. The van der Waals surface area contributed by atoms with Crippen LogP contribution in [-0.2, 0) is 4.74 Å². The average molecular weight is 233 g/mol. The minimum atomic E-state index is 0.208. The molecule has 1 aliphatic heterocycles. The number of rotatable bonds is 4.